The van der Waals surface area contributed by atoms with Crippen LogP contribution in [0.4, 0.5) is 4.39 Å². The summed E-state index contributed by atoms with van der Waals surface area (Å²) in [5.41, 5.74) is 1.11. The molecule has 1 heterocycles. The van der Waals surface area contributed by atoms with Crippen LogP contribution in [0.15, 0.2) is 42.5 Å². The predicted molar refractivity (Wildman–Crippen MR) is 72.5 cm³/mol. The Labute approximate surface area is 116 Å². The smallest absolute Gasteiger partial charge is 0.167 e. The van der Waals surface area contributed by atoms with E-state index in [0.29, 0.717) is 35.8 Å². The Kier molecular flexibility index (Phi) is 3.56. The summed E-state index contributed by atoms with van der Waals surface area (Å²) in [6.45, 7) is 0.955. The second-order valence-corrected chi connectivity index (χ2v) is 4.68. The summed E-state index contributed by atoms with van der Waals surface area (Å²) in [5, 5.41) is 10.4. The van der Waals surface area contributed by atoms with E-state index < -0.39 is 6.10 Å². The van der Waals surface area contributed by atoms with Gasteiger partial charge in [-0.2, -0.15) is 0 Å². The number of ether oxygens (including phenoxy) is 2. The number of aliphatic hydroxyl groups excluding tert-OH is 1. The molecule has 0 fully saturated rings. The van der Waals surface area contributed by atoms with Crippen molar-refractivity contribution in [3.8, 4) is 11.5 Å². The zero-order chi connectivity index (χ0) is 13.9. The van der Waals surface area contributed by atoms with E-state index >= 15 is 0 Å². The van der Waals surface area contributed by atoms with E-state index in [1.165, 1.54) is 6.07 Å². The largest absolute Gasteiger partial charge is 0.486 e. The van der Waals surface area contributed by atoms with Crippen LogP contribution in [-0.2, 0) is 6.42 Å². The molecular formula is C16H15FO3. The van der Waals surface area contributed by atoms with E-state index in [1.54, 1.807) is 36.4 Å². The number of para-hydroxylation sites is 1. The van der Waals surface area contributed by atoms with Gasteiger partial charge in [-0.3, -0.25) is 0 Å². The molecule has 0 spiro atoms. The Morgan fingerprint density at radius 2 is 1.85 bits per heavy atom. The molecule has 0 radical (unpaired) electrons. The lowest BCUT2D eigenvalue weighted by molar-refractivity contribution is 0.145. The molecule has 1 atom stereocenters. The number of hydrogen-bond acceptors (Lipinski definition) is 3. The minimum absolute atomic E-state index is 0.201. The predicted octanol–water partition coefficient (Wildman–Crippen LogP) is 2.87. The highest BCUT2D eigenvalue weighted by Crippen LogP contribution is 2.37. The molecule has 0 aromatic heterocycles. The van der Waals surface area contributed by atoms with Crippen molar-refractivity contribution in [2.24, 2.45) is 0 Å². The highest BCUT2D eigenvalue weighted by molar-refractivity contribution is 5.48. The van der Waals surface area contributed by atoms with Crippen LogP contribution in [0, 0.1) is 5.82 Å². The standard InChI is InChI=1S/C16H15FO3/c17-13-6-2-1-4-11(13)10-14(18)12-5-3-7-15-16(12)20-9-8-19-15/h1-7,14,18H,8-10H2. The van der Waals surface area contributed by atoms with Gasteiger partial charge in [0.2, 0.25) is 0 Å². The van der Waals surface area contributed by atoms with Crippen molar-refractivity contribution in [1.29, 1.82) is 0 Å². The number of halogens is 1. The van der Waals surface area contributed by atoms with Gasteiger partial charge in [0.15, 0.2) is 11.5 Å². The third kappa shape index (κ3) is 2.47. The molecule has 1 unspecified atom stereocenters. The Hall–Kier alpha value is -2.07. The molecule has 2 aromatic carbocycles. The summed E-state index contributed by atoms with van der Waals surface area (Å²) in [5.74, 6) is 0.873. The number of benzene rings is 2. The van der Waals surface area contributed by atoms with Crippen molar-refractivity contribution in [3.05, 3.63) is 59.4 Å². The van der Waals surface area contributed by atoms with Gasteiger partial charge in [-0.25, -0.2) is 4.39 Å². The molecule has 3 rings (SSSR count). The normalized spacial score (nSPS) is 14.9. The number of aliphatic hydroxyl groups is 1. The van der Waals surface area contributed by atoms with Gasteiger partial charge in [-0.15, -0.1) is 0 Å². The molecule has 4 heteroatoms. The SMILES string of the molecule is OC(Cc1ccccc1F)c1cccc2c1OCCO2. The minimum atomic E-state index is -0.830. The Balaban J connectivity index is 1.88. The van der Waals surface area contributed by atoms with Crippen molar-refractivity contribution in [2.75, 3.05) is 13.2 Å². The Morgan fingerprint density at radius 1 is 1.05 bits per heavy atom. The van der Waals surface area contributed by atoms with Crippen LogP contribution < -0.4 is 9.47 Å². The molecular weight excluding hydrogens is 259 g/mol. The Bertz CT molecular complexity index is 612. The molecule has 0 amide bonds. The number of rotatable bonds is 3. The molecule has 0 saturated heterocycles. The first-order valence-corrected chi connectivity index (χ1v) is 6.55. The highest BCUT2D eigenvalue weighted by Gasteiger charge is 2.21. The van der Waals surface area contributed by atoms with E-state index in [2.05, 4.69) is 0 Å². The van der Waals surface area contributed by atoms with E-state index in [-0.39, 0.29) is 12.2 Å². The molecule has 3 nitrogen and oxygen atoms in total. The number of hydrogen-bond donors (Lipinski definition) is 1. The van der Waals surface area contributed by atoms with Crippen molar-refractivity contribution >= 4 is 0 Å². The Morgan fingerprint density at radius 3 is 2.70 bits per heavy atom. The van der Waals surface area contributed by atoms with Crippen LogP contribution in [0.1, 0.15) is 17.2 Å². The fourth-order valence-electron chi connectivity index (χ4n) is 2.34. The lowest BCUT2D eigenvalue weighted by Crippen LogP contribution is -2.17. The lowest BCUT2D eigenvalue weighted by Gasteiger charge is -2.23. The monoisotopic (exact) mass is 274 g/mol. The van der Waals surface area contributed by atoms with Crippen LogP contribution in [0.5, 0.6) is 11.5 Å². The van der Waals surface area contributed by atoms with Gasteiger partial charge < -0.3 is 14.6 Å². The van der Waals surface area contributed by atoms with Crippen LogP contribution >= 0.6 is 0 Å². The molecule has 0 bridgehead atoms. The topological polar surface area (TPSA) is 38.7 Å². The third-order valence-electron chi connectivity index (χ3n) is 3.33. The van der Waals surface area contributed by atoms with E-state index in [0.717, 1.165) is 0 Å². The van der Waals surface area contributed by atoms with Gasteiger partial charge in [0.25, 0.3) is 0 Å². The van der Waals surface area contributed by atoms with Crippen molar-refractivity contribution < 1.29 is 19.0 Å². The molecule has 1 N–H and O–H groups in total. The first kappa shape index (κ1) is 12.9. The summed E-state index contributed by atoms with van der Waals surface area (Å²) in [6.07, 6.45) is -0.629. The van der Waals surface area contributed by atoms with Crippen molar-refractivity contribution in [1.82, 2.24) is 0 Å². The zero-order valence-electron chi connectivity index (χ0n) is 10.9. The summed E-state index contributed by atoms with van der Waals surface area (Å²) in [7, 11) is 0. The maximum absolute atomic E-state index is 13.6. The molecule has 104 valence electrons. The van der Waals surface area contributed by atoms with E-state index in [1.807, 2.05) is 0 Å². The maximum atomic E-state index is 13.6. The van der Waals surface area contributed by atoms with Gasteiger partial charge >= 0.3 is 0 Å². The van der Waals surface area contributed by atoms with Gasteiger partial charge in [0.1, 0.15) is 19.0 Å². The van der Waals surface area contributed by atoms with Crippen LogP contribution in [0.25, 0.3) is 0 Å². The van der Waals surface area contributed by atoms with Gasteiger partial charge in [0.05, 0.1) is 6.10 Å². The molecule has 0 saturated carbocycles. The van der Waals surface area contributed by atoms with E-state index in [4.69, 9.17) is 9.47 Å². The fraction of sp³-hybridized carbons (Fsp3) is 0.250. The van der Waals surface area contributed by atoms with Crippen LogP contribution in [0.3, 0.4) is 0 Å². The lowest BCUT2D eigenvalue weighted by atomic mass is 10.00. The van der Waals surface area contributed by atoms with Crippen molar-refractivity contribution in [2.45, 2.75) is 12.5 Å². The first-order chi connectivity index (χ1) is 9.75. The molecule has 20 heavy (non-hydrogen) atoms. The maximum Gasteiger partial charge on any atom is 0.167 e. The van der Waals surface area contributed by atoms with E-state index in [9.17, 15) is 9.50 Å². The van der Waals surface area contributed by atoms with Crippen LogP contribution in [-0.4, -0.2) is 18.3 Å². The second-order valence-electron chi connectivity index (χ2n) is 4.68. The second kappa shape index (κ2) is 5.51. The molecule has 0 aliphatic carbocycles. The average molecular weight is 274 g/mol. The summed E-state index contributed by atoms with van der Waals surface area (Å²) in [6, 6.07) is 11.8. The third-order valence-corrected chi connectivity index (χ3v) is 3.33. The van der Waals surface area contributed by atoms with Gasteiger partial charge in [0, 0.05) is 12.0 Å². The average Bonchev–Trinajstić information content (AvgIpc) is 2.49. The highest BCUT2D eigenvalue weighted by atomic mass is 19.1. The zero-order valence-corrected chi connectivity index (χ0v) is 10.9. The molecule has 1 aliphatic heterocycles. The summed E-state index contributed by atoms with van der Waals surface area (Å²) >= 11 is 0. The van der Waals surface area contributed by atoms with Crippen LogP contribution in [0.2, 0.25) is 0 Å². The molecule has 2 aromatic rings. The van der Waals surface area contributed by atoms with Gasteiger partial charge in [-0.1, -0.05) is 30.3 Å². The first-order valence-electron chi connectivity index (χ1n) is 6.55. The summed E-state index contributed by atoms with van der Waals surface area (Å²) < 4.78 is 24.7. The number of fused-ring (bicyclic) bond motifs is 1. The molecule has 1 aliphatic rings. The minimum Gasteiger partial charge on any atom is -0.486 e. The summed E-state index contributed by atoms with van der Waals surface area (Å²) in [4.78, 5) is 0. The van der Waals surface area contributed by atoms with Gasteiger partial charge in [-0.05, 0) is 17.7 Å². The van der Waals surface area contributed by atoms with Crippen molar-refractivity contribution in [3.63, 3.8) is 0 Å². The quantitative estimate of drug-likeness (QED) is 0.935. The fourth-order valence-corrected chi connectivity index (χ4v) is 2.34.